The molecule has 0 fully saturated rings. The fourth-order valence-corrected chi connectivity index (χ4v) is 1.42. The Balaban J connectivity index is 3.57. The second-order valence-electron chi connectivity index (χ2n) is 4.53. The minimum absolute atomic E-state index is 0.150. The lowest BCUT2D eigenvalue weighted by Crippen LogP contribution is -2.25. The average Bonchev–Trinajstić information content (AvgIpc) is 2.43. The van der Waals surface area contributed by atoms with Gasteiger partial charge in [-0.2, -0.15) is 0 Å². The van der Waals surface area contributed by atoms with Gasteiger partial charge in [-0.3, -0.25) is 9.59 Å². The van der Waals surface area contributed by atoms with Gasteiger partial charge in [0.2, 0.25) is 0 Å². The molecule has 0 saturated carbocycles. The zero-order valence-electron chi connectivity index (χ0n) is 12.1. The summed E-state index contributed by atoms with van der Waals surface area (Å²) in [5.41, 5.74) is 0. The molecule has 5 nitrogen and oxygen atoms in total. The summed E-state index contributed by atoms with van der Waals surface area (Å²) in [6, 6.07) is 0. The molecule has 0 heterocycles. The van der Waals surface area contributed by atoms with Crippen LogP contribution >= 0.6 is 0 Å². The van der Waals surface area contributed by atoms with E-state index in [4.69, 9.17) is 15.9 Å². The number of aliphatic hydroxyl groups is 1. The van der Waals surface area contributed by atoms with Crippen LogP contribution in [0, 0.1) is 12.3 Å². The van der Waals surface area contributed by atoms with Crippen LogP contribution in [0.15, 0.2) is 0 Å². The Kier molecular flexibility index (Phi) is 11.5. The van der Waals surface area contributed by atoms with Crippen molar-refractivity contribution in [2.75, 3.05) is 13.2 Å². The highest BCUT2D eigenvalue weighted by Gasteiger charge is 2.11. The van der Waals surface area contributed by atoms with Crippen molar-refractivity contribution >= 4 is 11.9 Å². The third-order valence-corrected chi connectivity index (χ3v) is 2.56. The molecular weight excluding hydrogens is 260 g/mol. The van der Waals surface area contributed by atoms with Gasteiger partial charge in [-0.1, -0.05) is 19.8 Å². The lowest BCUT2D eigenvalue weighted by atomic mass is 10.2. The van der Waals surface area contributed by atoms with E-state index in [1.54, 1.807) is 0 Å². The molecule has 0 saturated heterocycles. The van der Waals surface area contributed by atoms with E-state index in [9.17, 15) is 14.7 Å². The normalized spacial score (nSPS) is 11.4. The number of hydrogen-bond acceptors (Lipinski definition) is 5. The van der Waals surface area contributed by atoms with Crippen LogP contribution in [0.25, 0.3) is 0 Å². The highest BCUT2D eigenvalue weighted by molar-refractivity contribution is 5.69. The van der Waals surface area contributed by atoms with Gasteiger partial charge in [0.25, 0.3) is 0 Å². The van der Waals surface area contributed by atoms with Crippen LogP contribution in [0.4, 0.5) is 0 Å². The minimum atomic E-state index is -0.985. The summed E-state index contributed by atoms with van der Waals surface area (Å²) in [6.07, 6.45) is 8.54. The predicted molar refractivity (Wildman–Crippen MR) is 74.8 cm³/mol. The summed E-state index contributed by atoms with van der Waals surface area (Å²) >= 11 is 0. The van der Waals surface area contributed by atoms with Crippen molar-refractivity contribution in [3.8, 4) is 12.3 Å². The summed E-state index contributed by atoms with van der Waals surface area (Å²) in [6.45, 7) is 1.73. The Morgan fingerprint density at radius 2 is 1.65 bits per heavy atom. The summed E-state index contributed by atoms with van der Waals surface area (Å²) in [7, 11) is 0. The zero-order chi connectivity index (χ0) is 15.2. The van der Waals surface area contributed by atoms with Crippen LogP contribution < -0.4 is 0 Å². The number of terminal acetylenes is 1. The van der Waals surface area contributed by atoms with Gasteiger partial charge in [0.15, 0.2) is 0 Å². The molecule has 1 unspecified atom stereocenters. The fraction of sp³-hybridized carbons (Fsp3) is 0.733. The fourth-order valence-electron chi connectivity index (χ4n) is 1.42. The van der Waals surface area contributed by atoms with Crippen LogP contribution in [0.3, 0.4) is 0 Å². The number of aliphatic hydroxyl groups excluding tert-OH is 1. The number of hydrogen-bond donors (Lipinski definition) is 1. The maximum atomic E-state index is 11.3. The molecule has 0 radical (unpaired) electrons. The molecule has 0 aromatic carbocycles. The minimum Gasteiger partial charge on any atom is -0.463 e. The number of carbonyl (C=O) groups is 2. The van der Waals surface area contributed by atoms with Gasteiger partial charge in [0, 0.05) is 19.3 Å². The first-order valence-corrected chi connectivity index (χ1v) is 7.02. The van der Waals surface area contributed by atoms with Crippen LogP contribution in [0.1, 0.15) is 51.9 Å². The first-order chi connectivity index (χ1) is 9.60. The molecule has 0 aromatic rings. The van der Waals surface area contributed by atoms with Gasteiger partial charge in [0.05, 0.1) is 0 Å². The van der Waals surface area contributed by atoms with E-state index in [2.05, 4.69) is 5.92 Å². The van der Waals surface area contributed by atoms with Gasteiger partial charge in [0.1, 0.15) is 19.3 Å². The van der Waals surface area contributed by atoms with Crippen molar-refractivity contribution in [3.63, 3.8) is 0 Å². The highest BCUT2D eigenvalue weighted by Crippen LogP contribution is 2.02. The summed E-state index contributed by atoms with van der Waals surface area (Å²) < 4.78 is 9.71. The molecule has 0 aliphatic carbocycles. The number of carbonyl (C=O) groups excluding carboxylic acids is 2. The first kappa shape index (κ1) is 18.5. The van der Waals surface area contributed by atoms with E-state index in [0.717, 1.165) is 19.3 Å². The molecule has 0 aromatic heterocycles. The zero-order valence-corrected chi connectivity index (χ0v) is 12.1. The van der Waals surface area contributed by atoms with Crippen molar-refractivity contribution in [1.29, 1.82) is 0 Å². The van der Waals surface area contributed by atoms with Crippen molar-refractivity contribution in [2.45, 2.75) is 58.0 Å². The molecule has 0 aliphatic rings. The van der Waals surface area contributed by atoms with Gasteiger partial charge >= 0.3 is 11.9 Å². The largest absolute Gasteiger partial charge is 0.463 e. The molecule has 5 heteroatoms. The number of ether oxygens (including phenoxy) is 2. The smallest absolute Gasteiger partial charge is 0.305 e. The molecule has 114 valence electrons. The molecule has 0 spiro atoms. The Morgan fingerprint density at radius 3 is 2.15 bits per heavy atom. The van der Waals surface area contributed by atoms with Crippen LogP contribution in [-0.4, -0.2) is 36.4 Å². The van der Waals surface area contributed by atoms with E-state index < -0.39 is 12.1 Å². The van der Waals surface area contributed by atoms with Crippen molar-refractivity contribution in [3.05, 3.63) is 0 Å². The lowest BCUT2D eigenvalue weighted by Gasteiger charge is -2.11. The molecule has 0 rings (SSSR count). The van der Waals surface area contributed by atoms with Crippen LogP contribution in [0.2, 0.25) is 0 Å². The van der Waals surface area contributed by atoms with Crippen LogP contribution in [0.5, 0.6) is 0 Å². The van der Waals surface area contributed by atoms with Gasteiger partial charge < -0.3 is 14.6 Å². The quantitative estimate of drug-likeness (QED) is 0.356. The van der Waals surface area contributed by atoms with Crippen molar-refractivity contribution in [2.24, 2.45) is 0 Å². The van der Waals surface area contributed by atoms with E-state index >= 15 is 0 Å². The average molecular weight is 284 g/mol. The predicted octanol–water partition coefficient (Wildman–Crippen LogP) is 1.82. The summed E-state index contributed by atoms with van der Waals surface area (Å²) in [5, 5.41) is 9.50. The number of unbranched alkanes of at least 4 members (excludes halogenated alkanes) is 3. The molecule has 0 bridgehead atoms. The van der Waals surface area contributed by atoms with Gasteiger partial charge in [-0.05, 0) is 12.8 Å². The molecule has 0 amide bonds. The molecule has 1 N–H and O–H groups in total. The van der Waals surface area contributed by atoms with Gasteiger partial charge in [-0.25, -0.2) is 0 Å². The Hall–Kier alpha value is -1.54. The third kappa shape index (κ3) is 11.5. The van der Waals surface area contributed by atoms with Crippen LogP contribution in [-0.2, 0) is 19.1 Å². The maximum Gasteiger partial charge on any atom is 0.305 e. The Morgan fingerprint density at radius 1 is 1.10 bits per heavy atom. The molecule has 0 aliphatic heterocycles. The van der Waals surface area contributed by atoms with Gasteiger partial charge in [-0.15, -0.1) is 12.3 Å². The summed E-state index contributed by atoms with van der Waals surface area (Å²) in [5.74, 6) is 1.68. The molecule has 20 heavy (non-hydrogen) atoms. The van der Waals surface area contributed by atoms with E-state index in [-0.39, 0.29) is 25.6 Å². The second-order valence-corrected chi connectivity index (χ2v) is 4.53. The van der Waals surface area contributed by atoms with E-state index in [1.165, 1.54) is 0 Å². The SMILES string of the molecule is C#CCCCC(=O)OCC(O)COC(=O)CCCCC. The summed E-state index contributed by atoms with van der Waals surface area (Å²) in [4.78, 5) is 22.5. The Bertz CT molecular complexity index is 319. The van der Waals surface area contributed by atoms with Crippen molar-refractivity contribution < 1.29 is 24.2 Å². The highest BCUT2D eigenvalue weighted by atomic mass is 16.6. The number of rotatable bonds is 11. The van der Waals surface area contributed by atoms with Crippen molar-refractivity contribution in [1.82, 2.24) is 0 Å². The maximum absolute atomic E-state index is 11.3. The molecular formula is C15H24O5. The second kappa shape index (κ2) is 12.5. The lowest BCUT2D eigenvalue weighted by molar-refractivity contribution is -0.152. The monoisotopic (exact) mass is 284 g/mol. The van der Waals surface area contributed by atoms with E-state index in [0.29, 0.717) is 19.3 Å². The first-order valence-electron chi connectivity index (χ1n) is 7.02. The third-order valence-electron chi connectivity index (χ3n) is 2.56. The Labute approximate surface area is 120 Å². The van der Waals surface area contributed by atoms with E-state index in [1.807, 2.05) is 6.92 Å². The molecule has 1 atom stereocenters. The standard InChI is InChI=1S/C15H24O5/c1-3-5-7-9-14(17)19-11-13(16)12-20-15(18)10-8-6-4-2/h1,13,16H,4-12H2,2H3. The topological polar surface area (TPSA) is 72.8 Å². The number of esters is 2.